The van der Waals surface area contributed by atoms with Crippen LogP contribution in [0.15, 0.2) is 30.3 Å². The second kappa shape index (κ2) is 7.51. The zero-order chi connectivity index (χ0) is 17.7. The maximum absolute atomic E-state index is 12.6. The lowest BCUT2D eigenvalue weighted by Gasteiger charge is -2.19. The maximum Gasteiger partial charge on any atom is 0.416 e. The molecule has 0 radical (unpaired) electrons. The lowest BCUT2D eigenvalue weighted by molar-refractivity contribution is -0.137. The number of nitrogens with zero attached hydrogens (tertiary/aromatic N) is 3. The van der Waals surface area contributed by atoms with Crippen molar-refractivity contribution in [3.8, 4) is 0 Å². The molecule has 0 spiro atoms. The zero-order valence-corrected chi connectivity index (χ0v) is 14.0. The number of alkyl halides is 3. The molecule has 0 bridgehead atoms. The predicted molar refractivity (Wildman–Crippen MR) is 89.7 cm³/mol. The van der Waals surface area contributed by atoms with E-state index in [0.717, 1.165) is 43.0 Å². The molecule has 0 fully saturated rings. The van der Waals surface area contributed by atoms with E-state index in [9.17, 15) is 13.2 Å². The molecule has 4 nitrogen and oxygen atoms in total. The summed E-state index contributed by atoms with van der Waals surface area (Å²) in [6.45, 7) is 4.86. The van der Waals surface area contributed by atoms with Crippen molar-refractivity contribution in [2.24, 2.45) is 0 Å². The summed E-state index contributed by atoms with van der Waals surface area (Å²) in [4.78, 5) is 10.8. The minimum absolute atomic E-state index is 0.369. The van der Waals surface area contributed by atoms with E-state index in [1.807, 2.05) is 24.9 Å². The topological polar surface area (TPSA) is 41.1 Å². The molecule has 0 amide bonds. The van der Waals surface area contributed by atoms with Gasteiger partial charge in [-0.1, -0.05) is 13.3 Å². The van der Waals surface area contributed by atoms with Gasteiger partial charge < -0.3 is 10.2 Å². The van der Waals surface area contributed by atoms with Gasteiger partial charge in [-0.25, -0.2) is 4.98 Å². The third kappa shape index (κ3) is 4.84. The molecule has 0 atom stereocenters. The van der Waals surface area contributed by atoms with Gasteiger partial charge >= 0.3 is 6.18 Å². The Morgan fingerprint density at radius 2 is 1.79 bits per heavy atom. The summed E-state index contributed by atoms with van der Waals surface area (Å²) in [5.41, 5.74) is 0.617. The van der Waals surface area contributed by atoms with E-state index in [0.29, 0.717) is 11.6 Å². The number of rotatable bonds is 6. The van der Waals surface area contributed by atoms with Crippen LogP contribution in [0.25, 0.3) is 0 Å². The Labute approximate surface area is 139 Å². The average Bonchev–Trinajstić information content (AvgIpc) is 2.51. The highest BCUT2D eigenvalue weighted by Gasteiger charge is 2.29. The number of unbranched alkanes of at least 4 members (excludes halogenated alkanes) is 1. The first kappa shape index (κ1) is 18.0. The van der Waals surface area contributed by atoms with Crippen molar-refractivity contribution in [1.29, 1.82) is 0 Å². The van der Waals surface area contributed by atoms with Crippen LogP contribution in [0.3, 0.4) is 0 Å². The molecule has 2 aromatic rings. The molecule has 2 rings (SSSR count). The normalized spacial score (nSPS) is 11.4. The van der Waals surface area contributed by atoms with Gasteiger partial charge in [-0.3, -0.25) is 0 Å². The van der Waals surface area contributed by atoms with Crippen molar-refractivity contribution < 1.29 is 13.2 Å². The smallest absolute Gasteiger partial charge is 0.360 e. The quantitative estimate of drug-likeness (QED) is 0.823. The maximum atomic E-state index is 12.6. The van der Waals surface area contributed by atoms with Crippen LogP contribution < -0.4 is 10.2 Å². The highest BCUT2D eigenvalue weighted by Crippen LogP contribution is 2.30. The number of benzene rings is 1. The summed E-state index contributed by atoms with van der Waals surface area (Å²) in [6.07, 6.45) is -2.19. The Balaban J connectivity index is 2.16. The molecule has 0 saturated heterocycles. The third-order valence-corrected chi connectivity index (χ3v) is 3.55. The minimum atomic E-state index is -4.34. The molecular weight excluding hydrogens is 317 g/mol. The fourth-order valence-corrected chi connectivity index (χ4v) is 2.18. The number of aromatic nitrogens is 2. The summed E-state index contributed by atoms with van der Waals surface area (Å²) >= 11 is 0. The number of hydrogen-bond donors (Lipinski definition) is 1. The SMILES string of the molecule is CCCCN(C)c1cc(C)nc(Nc2ccc(C(F)(F)F)cc2)n1. The van der Waals surface area contributed by atoms with Crippen LogP contribution in [0.4, 0.5) is 30.6 Å². The molecule has 0 aliphatic rings. The van der Waals surface area contributed by atoms with Crippen molar-refractivity contribution in [1.82, 2.24) is 9.97 Å². The van der Waals surface area contributed by atoms with Crippen molar-refractivity contribution in [3.05, 3.63) is 41.6 Å². The Morgan fingerprint density at radius 3 is 2.38 bits per heavy atom. The van der Waals surface area contributed by atoms with Gasteiger partial charge in [-0.2, -0.15) is 18.2 Å². The molecule has 1 N–H and O–H groups in total. The molecule has 0 aliphatic carbocycles. The second-order valence-electron chi connectivity index (χ2n) is 5.67. The summed E-state index contributed by atoms with van der Waals surface area (Å²) in [7, 11) is 1.96. The Hall–Kier alpha value is -2.31. The Bertz CT molecular complexity index is 669. The van der Waals surface area contributed by atoms with Crippen LogP contribution in [0, 0.1) is 6.92 Å². The van der Waals surface area contributed by atoms with Crippen LogP contribution in [0.2, 0.25) is 0 Å². The lowest BCUT2D eigenvalue weighted by Crippen LogP contribution is -2.20. The fraction of sp³-hybridized carbons (Fsp3) is 0.412. The summed E-state index contributed by atoms with van der Waals surface area (Å²) < 4.78 is 37.8. The van der Waals surface area contributed by atoms with Gasteiger partial charge in [-0.15, -0.1) is 0 Å². The highest BCUT2D eigenvalue weighted by atomic mass is 19.4. The number of anilines is 3. The van der Waals surface area contributed by atoms with E-state index in [4.69, 9.17) is 0 Å². The zero-order valence-electron chi connectivity index (χ0n) is 14.0. The van der Waals surface area contributed by atoms with E-state index in [2.05, 4.69) is 22.2 Å². The molecule has 1 aromatic carbocycles. The van der Waals surface area contributed by atoms with Crippen LogP contribution in [0.1, 0.15) is 31.0 Å². The largest absolute Gasteiger partial charge is 0.416 e. The molecule has 7 heteroatoms. The molecule has 1 heterocycles. The van der Waals surface area contributed by atoms with Crippen LogP contribution in [0.5, 0.6) is 0 Å². The predicted octanol–water partition coefficient (Wildman–Crippen LogP) is 4.78. The molecule has 1 aromatic heterocycles. The van der Waals surface area contributed by atoms with Crippen molar-refractivity contribution in [2.75, 3.05) is 23.8 Å². The minimum Gasteiger partial charge on any atom is -0.360 e. The van der Waals surface area contributed by atoms with Gasteiger partial charge in [0.15, 0.2) is 0 Å². The summed E-state index contributed by atoms with van der Waals surface area (Å²) in [6, 6.07) is 6.69. The number of aryl methyl sites for hydroxylation is 1. The monoisotopic (exact) mass is 338 g/mol. The molecular formula is C17H21F3N4. The molecule has 0 aliphatic heterocycles. The highest BCUT2D eigenvalue weighted by molar-refractivity contribution is 5.56. The van der Waals surface area contributed by atoms with Crippen molar-refractivity contribution in [3.63, 3.8) is 0 Å². The van der Waals surface area contributed by atoms with Gasteiger partial charge in [0.1, 0.15) is 5.82 Å². The van der Waals surface area contributed by atoms with E-state index in [1.165, 1.54) is 12.1 Å². The fourth-order valence-electron chi connectivity index (χ4n) is 2.18. The number of halogens is 3. The average molecular weight is 338 g/mol. The van der Waals surface area contributed by atoms with Crippen molar-refractivity contribution >= 4 is 17.5 Å². The van der Waals surface area contributed by atoms with Crippen molar-refractivity contribution in [2.45, 2.75) is 32.9 Å². The number of hydrogen-bond acceptors (Lipinski definition) is 4. The van der Waals surface area contributed by atoms with Gasteiger partial charge in [0.05, 0.1) is 5.56 Å². The third-order valence-electron chi connectivity index (χ3n) is 3.55. The standard InChI is InChI=1S/C17H21F3N4/c1-4-5-10-24(3)15-11-12(2)21-16(23-15)22-14-8-6-13(7-9-14)17(18,19)20/h6-9,11H,4-5,10H2,1-3H3,(H,21,22,23). The first-order valence-corrected chi connectivity index (χ1v) is 7.80. The van der Waals surface area contributed by atoms with E-state index < -0.39 is 11.7 Å². The van der Waals surface area contributed by atoms with E-state index in [1.54, 1.807) is 0 Å². The van der Waals surface area contributed by atoms with Gasteiger partial charge in [0.2, 0.25) is 5.95 Å². The first-order valence-electron chi connectivity index (χ1n) is 7.80. The molecule has 0 unspecified atom stereocenters. The molecule has 130 valence electrons. The first-order chi connectivity index (χ1) is 11.3. The molecule has 24 heavy (non-hydrogen) atoms. The molecule has 0 saturated carbocycles. The summed E-state index contributed by atoms with van der Waals surface area (Å²) in [5.74, 6) is 1.15. The van der Waals surface area contributed by atoms with Crippen LogP contribution in [-0.4, -0.2) is 23.6 Å². The summed E-state index contributed by atoms with van der Waals surface area (Å²) in [5, 5.41) is 2.96. The van der Waals surface area contributed by atoms with Gasteiger partial charge in [-0.05, 0) is 37.6 Å². The lowest BCUT2D eigenvalue weighted by atomic mass is 10.2. The van der Waals surface area contributed by atoms with E-state index in [-0.39, 0.29) is 0 Å². The van der Waals surface area contributed by atoms with Gasteiger partial charge in [0, 0.05) is 31.0 Å². The Kier molecular flexibility index (Phi) is 5.64. The Morgan fingerprint density at radius 1 is 1.12 bits per heavy atom. The van der Waals surface area contributed by atoms with Crippen LogP contribution in [-0.2, 0) is 6.18 Å². The second-order valence-corrected chi connectivity index (χ2v) is 5.67. The van der Waals surface area contributed by atoms with E-state index >= 15 is 0 Å². The van der Waals surface area contributed by atoms with Crippen LogP contribution >= 0.6 is 0 Å². The number of nitrogens with one attached hydrogen (secondary N) is 1. The van der Waals surface area contributed by atoms with Gasteiger partial charge in [0.25, 0.3) is 0 Å².